The van der Waals surface area contributed by atoms with Crippen LogP contribution >= 0.6 is 0 Å². The molecule has 0 radical (unpaired) electrons. The first-order chi connectivity index (χ1) is 11.7. The summed E-state index contributed by atoms with van der Waals surface area (Å²) in [6, 6.07) is 9.68. The van der Waals surface area contributed by atoms with Gasteiger partial charge in [0, 0.05) is 12.6 Å². The topological polar surface area (TPSA) is 82.2 Å². The number of benzene rings is 1. The maximum absolute atomic E-state index is 12.5. The highest BCUT2D eigenvalue weighted by Gasteiger charge is 2.29. The van der Waals surface area contributed by atoms with Crippen molar-refractivity contribution in [2.24, 2.45) is 11.7 Å². The lowest BCUT2D eigenvalue weighted by Crippen LogP contribution is -2.38. The summed E-state index contributed by atoms with van der Waals surface area (Å²) in [5.74, 6) is 0.799. The molecule has 0 bridgehead atoms. The van der Waals surface area contributed by atoms with Crippen LogP contribution in [0.2, 0.25) is 0 Å². The van der Waals surface area contributed by atoms with Crippen molar-refractivity contribution in [3.63, 3.8) is 0 Å². The molecule has 24 heavy (non-hydrogen) atoms. The summed E-state index contributed by atoms with van der Waals surface area (Å²) in [5, 5.41) is 7.29. The lowest BCUT2D eigenvalue weighted by Gasteiger charge is -2.11. The van der Waals surface area contributed by atoms with E-state index in [1.807, 2.05) is 37.3 Å². The highest BCUT2D eigenvalue weighted by molar-refractivity contribution is 5.95. The highest BCUT2D eigenvalue weighted by Crippen LogP contribution is 2.31. The third kappa shape index (κ3) is 3.94. The number of amides is 1. The van der Waals surface area contributed by atoms with Gasteiger partial charge in [-0.2, -0.15) is 5.10 Å². The molecule has 128 valence electrons. The van der Waals surface area contributed by atoms with Gasteiger partial charge in [0.1, 0.15) is 0 Å². The van der Waals surface area contributed by atoms with Gasteiger partial charge in [0.25, 0.3) is 5.91 Å². The fraction of sp³-hybridized carbons (Fsp3) is 0.444. The molecule has 1 aromatic carbocycles. The van der Waals surface area contributed by atoms with Crippen LogP contribution in [-0.4, -0.2) is 34.9 Å². The van der Waals surface area contributed by atoms with Gasteiger partial charge in [-0.05, 0) is 37.3 Å². The first-order valence-corrected chi connectivity index (χ1v) is 8.50. The van der Waals surface area contributed by atoms with Crippen LogP contribution < -0.4 is 15.8 Å². The van der Waals surface area contributed by atoms with Crippen LogP contribution in [0.4, 0.5) is 0 Å². The zero-order valence-electron chi connectivity index (χ0n) is 13.9. The van der Waals surface area contributed by atoms with Gasteiger partial charge in [-0.25, -0.2) is 4.68 Å². The van der Waals surface area contributed by atoms with E-state index in [1.54, 1.807) is 10.9 Å². The molecule has 0 aliphatic heterocycles. The lowest BCUT2D eigenvalue weighted by atomic mass is 10.2. The van der Waals surface area contributed by atoms with Gasteiger partial charge < -0.3 is 15.8 Å². The van der Waals surface area contributed by atoms with E-state index in [1.165, 1.54) is 0 Å². The van der Waals surface area contributed by atoms with Crippen molar-refractivity contribution in [1.82, 2.24) is 15.1 Å². The van der Waals surface area contributed by atoms with Crippen LogP contribution in [0.25, 0.3) is 5.69 Å². The molecule has 2 aromatic rings. The molecule has 6 nitrogen and oxygen atoms in total. The van der Waals surface area contributed by atoms with E-state index in [-0.39, 0.29) is 11.9 Å². The zero-order valence-corrected chi connectivity index (χ0v) is 13.9. The average molecular weight is 328 g/mol. The molecule has 1 amide bonds. The Bertz CT molecular complexity index is 680. The maximum atomic E-state index is 12.5. The number of nitrogens with two attached hydrogens (primary N) is 1. The molecule has 3 rings (SSSR count). The van der Waals surface area contributed by atoms with Crippen LogP contribution in [0, 0.1) is 5.92 Å². The summed E-state index contributed by atoms with van der Waals surface area (Å²) in [6.45, 7) is 3.04. The van der Waals surface area contributed by atoms with E-state index in [2.05, 4.69) is 10.4 Å². The summed E-state index contributed by atoms with van der Waals surface area (Å²) in [4.78, 5) is 12.5. The van der Waals surface area contributed by atoms with Crippen molar-refractivity contribution in [2.75, 3.05) is 13.2 Å². The summed E-state index contributed by atoms with van der Waals surface area (Å²) in [6.07, 6.45) is 4.93. The molecule has 1 fully saturated rings. The number of para-hydroxylation sites is 1. The Morgan fingerprint density at radius 2 is 2.17 bits per heavy atom. The van der Waals surface area contributed by atoms with Crippen molar-refractivity contribution in [3.05, 3.63) is 42.2 Å². The van der Waals surface area contributed by atoms with Gasteiger partial charge in [-0.3, -0.25) is 4.79 Å². The minimum Gasteiger partial charge on any atom is -0.489 e. The SMILES string of the molecule is CCCOc1cn(-c2ccccc2)nc1C(=O)NCC(N)C1CC1. The largest absolute Gasteiger partial charge is 0.489 e. The second-order valence-electron chi connectivity index (χ2n) is 6.18. The Labute approximate surface area is 142 Å². The molecule has 1 aliphatic rings. The highest BCUT2D eigenvalue weighted by atomic mass is 16.5. The summed E-state index contributed by atoms with van der Waals surface area (Å²) in [7, 11) is 0. The predicted octanol–water partition coefficient (Wildman–Crippen LogP) is 2.13. The van der Waals surface area contributed by atoms with Crippen LogP contribution in [0.15, 0.2) is 36.5 Å². The summed E-state index contributed by atoms with van der Waals surface area (Å²) < 4.78 is 7.37. The number of carbonyl (C=O) groups is 1. The van der Waals surface area contributed by atoms with Crippen molar-refractivity contribution in [3.8, 4) is 11.4 Å². The third-order valence-corrected chi connectivity index (χ3v) is 4.10. The molecule has 1 unspecified atom stereocenters. The van der Waals surface area contributed by atoms with Crippen molar-refractivity contribution >= 4 is 5.91 Å². The summed E-state index contributed by atoms with van der Waals surface area (Å²) in [5.41, 5.74) is 7.23. The van der Waals surface area contributed by atoms with E-state index in [0.717, 1.165) is 24.9 Å². The van der Waals surface area contributed by atoms with Crippen LogP contribution in [-0.2, 0) is 0 Å². The first kappa shape index (κ1) is 16.5. The van der Waals surface area contributed by atoms with Gasteiger partial charge >= 0.3 is 0 Å². The number of nitrogens with zero attached hydrogens (tertiary/aromatic N) is 2. The molecule has 1 atom stereocenters. The van der Waals surface area contributed by atoms with Crippen LogP contribution in [0.1, 0.15) is 36.7 Å². The van der Waals surface area contributed by atoms with E-state index in [4.69, 9.17) is 10.5 Å². The molecular formula is C18H24N4O2. The zero-order chi connectivity index (χ0) is 16.9. The molecule has 3 N–H and O–H groups in total. The van der Waals surface area contributed by atoms with Crippen LogP contribution in [0.5, 0.6) is 5.75 Å². The lowest BCUT2D eigenvalue weighted by molar-refractivity contribution is 0.0941. The van der Waals surface area contributed by atoms with Gasteiger partial charge in [-0.1, -0.05) is 25.1 Å². The van der Waals surface area contributed by atoms with E-state index in [9.17, 15) is 4.79 Å². The molecular weight excluding hydrogens is 304 g/mol. The number of rotatable bonds is 8. The number of carbonyl (C=O) groups excluding carboxylic acids is 1. The molecule has 1 heterocycles. The Morgan fingerprint density at radius 3 is 2.83 bits per heavy atom. The second kappa shape index (κ2) is 7.49. The van der Waals surface area contributed by atoms with E-state index < -0.39 is 0 Å². The quantitative estimate of drug-likeness (QED) is 0.778. The Hall–Kier alpha value is -2.34. The molecule has 6 heteroatoms. The molecule has 1 saturated carbocycles. The van der Waals surface area contributed by atoms with Gasteiger partial charge in [0.05, 0.1) is 18.5 Å². The summed E-state index contributed by atoms with van der Waals surface area (Å²) >= 11 is 0. The second-order valence-corrected chi connectivity index (χ2v) is 6.18. The fourth-order valence-electron chi connectivity index (χ4n) is 2.53. The molecule has 0 spiro atoms. The third-order valence-electron chi connectivity index (χ3n) is 4.10. The predicted molar refractivity (Wildman–Crippen MR) is 92.4 cm³/mol. The molecule has 1 aromatic heterocycles. The van der Waals surface area contributed by atoms with Gasteiger partial charge in [-0.15, -0.1) is 0 Å². The van der Waals surface area contributed by atoms with Gasteiger partial charge in [0.15, 0.2) is 11.4 Å². The Balaban J connectivity index is 1.76. The number of nitrogens with one attached hydrogen (secondary N) is 1. The average Bonchev–Trinajstić information content (AvgIpc) is 3.38. The first-order valence-electron chi connectivity index (χ1n) is 8.50. The Kier molecular flexibility index (Phi) is 5.15. The van der Waals surface area contributed by atoms with Crippen molar-refractivity contribution < 1.29 is 9.53 Å². The Morgan fingerprint density at radius 1 is 1.42 bits per heavy atom. The van der Waals surface area contributed by atoms with Crippen molar-refractivity contribution in [2.45, 2.75) is 32.2 Å². The normalized spacial score (nSPS) is 15.1. The monoisotopic (exact) mass is 328 g/mol. The maximum Gasteiger partial charge on any atom is 0.275 e. The number of hydrogen-bond acceptors (Lipinski definition) is 4. The minimum atomic E-state index is -0.244. The standard InChI is InChI=1S/C18H24N4O2/c1-2-10-24-16-12-22(14-6-4-3-5-7-14)21-17(16)18(23)20-11-15(19)13-8-9-13/h3-7,12-13,15H,2,8-11,19H2,1H3,(H,20,23). The smallest absolute Gasteiger partial charge is 0.275 e. The number of ether oxygens (including phenoxy) is 1. The fourth-order valence-corrected chi connectivity index (χ4v) is 2.53. The molecule has 1 aliphatic carbocycles. The minimum absolute atomic E-state index is 0.0187. The number of aromatic nitrogens is 2. The van der Waals surface area contributed by atoms with E-state index in [0.29, 0.717) is 30.5 Å². The van der Waals surface area contributed by atoms with Crippen LogP contribution in [0.3, 0.4) is 0 Å². The van der Waals surface area contributed by atoms with Crippen molar-refractivity contribution in [1.29, 1.82) is 0 Å². The van der Waals surface area contributed by atoms with Gasteiger partial charge in [0.2, 0.25) is 0 Å². The molecule has 0 saturated heterocycles. The number of hydrogen-bond donors (Lipinski definition) is 2. The van der Waals surface area contributed by atoms with E-state index >= 15 is 0 Å².